The minimum absolute atomic E-state index is 0.386. The van der Waals surface area contributed by atoms with E-state index >= 15 is 0 Å². The van der Waals surface area contributed by atoms with Crippen LogP contribution in [0.15, 0.2) is 76.4 Å². The number of aromatic nitrogens is 1. The molecule has 0 aliphatic carbocycles. The lowest BCUT2D eigenvalue weighted by Gasteiger charge is -1.99. The van der Waals surface area contributed by atoms with E-state index < -0.39 is 0 Å². The Labute approximate surface area is 116 Å². The summed E-state index contributed by atoms with van der Waals surface area (Å²) in [6, 6.07) is 20.8. The highest BCUT2D eigenvalue weighted by atomic mass is 16.5. The monoisotopic (exact) mass is 264 g/mol. The highest BCUT2D eigenvalue weighted by molar-refractivity contribution is 6.11. The van der Waals surface area contributed by atoms with Crippen molar-refractivity contribution in [2.24, 2.45) is 5.16 Å². The van der Waals surface area contributed by atoms with Crippen molar-refractivity contribution in [2.75, 3.05) is 0 Å². The van der Waals surface area contributed by atoms with Crippen molar-refractivity contribution in [3.05, 3.63) is 78.0 Å². The topological polar surface area (TPSA) is 58.6 Å². The molecule has 0 aliphatic rings. The largest absolute Gasteiger partial charge is 0.410 e. The van der Waals surface area contributed by atoms with Gasteiger partial charge in [0.15, 0.2) is 5.76 Å². The number of rotatable bonds is 3. The Morgan fingerprint density at radius 3 is 2.25 bits per heavy atom. The van der Waals surface area contributed by atoms with Crippen LogP contribution >= 0.6 is 0 Å². The first kappa shape index (κ1) is 12.2. The molecule has 1 aromatic heterocycles. The van der Waals surface area contributed by atoms with Crippen LogP contribution < -0.4 is 0 Å². The maximum atomic E-state index is 9.22. The van der Waals surface area contributed by atoms with Crippen LogP contribution in [0.5, 0.6) is 0 Å². The molecule has 2 aromatic carbocycles. The summed E-state index contributed by atoms with van der Waals surface area (Å²) in [5, 5.41) is 16.5. The fourth-order valence-electron chi connectivity index (χ4n) is 1.98. The number of nitrogens with zero attached hydrogens (tertiary/aromatic N) is 2. The van der Waals surface area contributed by atoms with Gasteiger partial charge in [0.05, 0.1) is 0 Å². The van der Waals surface area contributed by atoms with Gasteiger partial charge in [-0.05, 0) is 0 Å². The van der Waals surface area contributed by atoms with Gasteiger partial charge in [-0.15, -0.1) is 0 Å². The molecule has 0 fully saturated rings. The lowest BCUT2D eigenvalue weighted by atomic mass is 10.1. The van der Waals surface area contributed by atoms with Gasteiger partial charge < -0.3 is 9.73 Å². The van der Waals surface area contributed by atoms with Gasteiger partial charge in [-0.25, -0.2) is 0 Å². The molecule has 0 amide bonds. The molecule has 1 N–H and O–H groups in total. The summed E-state index contributed by atoms with van der Waals surface area (Å²) in [5.74, 6) is 0.637. The summed E-state index contributed by atoms with van der Waals surface area (Å²) in [6.07, 6.45) is 0. The molecule has 0 atom stereocenters. The SMILES string of the molecule is ON=C(c1ccccc1)c1cc(-c2ccccc2)on1. The Balaban J connectivity index is 1.98. The molecule has 98 valence electrons. The van der Waals surface area contributed by atoms with E-state index in [2.05, 4.69) is 10.3 Å². The van der Waals surface area contributed by atoms with E-state index in [1.54, 1.807) is 6.07 Å². The quantitative estimate of drug-likeness (QED) is 0.447. The van der Waals surface area contributed by atoms with E-state index in [0.717, 1.165) is 11.1 Å². The molecule has 3 rings (SSSR count). The average molecular weight is 264 g/mol. The van der Waals surface area contributed by atoms with Gasteiger partial charge in [0.25, 0.3) is 0 Å². The highest BCUT2D eigenvalue weighted by Gasteiger charge is 2.14. The van der Waals surface area contributed by atoms with Gasteiger partial charge in [-0.3, -0.25) is 0 Å². The number of oxime groups is 1. The predicted octanol–water partition coefficient (Wildman–Crippen LogP) is 3.57. The second kappa shape index (κ2) is 5.40. The minimum atomic E-state index is 0.386. The maximum absolute atomic E-state index is 9.22. The molecule has 0 aliphatic heterocycles. The maximum Gasteiger partial charge on any atom is 0.167 e. The first-order valence-electron chi connectivity index (χ1n) is 6.18. The van der Waals surface area contributed by atoms with E-state index in [1.807, 2.05) is 60.7 Å². The van der Waals surface area contributed by atoms with Crippen LogP contribution in [0.2, 0.25) is 0 Å². The first-order chi connectivity index (χ1) is 9.88. The third-order valence-electron chi connectivity index (χ3n) is 2.96. The van der Waals surface area contributed by atoms with Crippen LogP contribution in [0.1, 0.15) is 11.3 Å². The summed E-state index contributed by atoms with van der Waals surface area (Å²) < 4.78 is 5.31. The lowest BCUT2D eigenvalue weighted by molar-refractivity contribution is 0.319. The molecule has 4 heteroatoms. The Bertz CT molecular complexity index is 719. The molecular weight excluding hydrogens is 252 g/mol. The molecule has 0 spiro atoms. The molecule has 0 unspecified atom stereocenters. The van der Waals surface area contributed by atoms with Gasteiger partial charge in [-0.2, -0.15) is 0 Å². The molecular formula is C16H12N2O2. The van der Waals surface area contributed by atoms with E-state index in [-0.39, 0.29) is 0 Å². The van der Waals surface area contributed by atoms with E-state index in [4.69, 9.17) is 4.52 Å². The molecule has 20 heavy (non-hydrogen) atoms. The standard InChI is InChI=1S/C16H12N2O2/c19-17-16(13-9-5-2-6-10-13)14-11-15(20-18-14)12-7-3-1-4-8-12/h1-11,19H. The van der Waals surface area contributed by atoms with Crippen molar-refractivity contribution in [2.45, 2.75) is 0 Å². The average Bonchev–Trinajstić information content (AvgIpc) is 3.00. The van der Waals surface area contributed by atoms with E-state index in [0.29, 0.717) is 17.2 Å². The normalized spacial score (nSPS) is 11.5. The van der Waals surface area contributed by atoms with Crippen molar-refractivity contribution >= 4 is 5.71 Å². The smallest absolute Gasteiger partial charge is 0.167 e. The van der Waals surface area contributed by atoms with Gasteiger partial charge >= 0.3 is 0 Å². The van der Waals surface area contributed by atoms with Gasteiger partial charge in [0.2, 0.25) is 0 Å². The molecule has 0 radical (unpaired) electrons. The first-order valence-corrected chi connectivity index (χ1v) is 6.18. The summed E-state index contributed by atoms with van der Waals surface area (Å²) in [5.41, 5.74) is 2.59. The van der Waals surface area contributed by atoms with Crippen LogP contribution in [-0.4, -0.2) is 16.1 Å². The molecule has 0 bridgehead atoms. The molecule has 3 aromatic rings. The molecule has 1 heterocycles. The summed E-state index contributed by atoms with van der Waals surface area (Å²) in [7, 11) is 0. The van der Waals surface area contributed by atoms with Crippen molar-refractivity contribution in [3.8, 4) is 11.3 Å². The van der Waals surface area contributed by atoms with Gasteiger partial charge in [0, 0.05) is 17.2 Å². The lowest BCUT2D eigenvalue weighted by Crippen LogP contribution is -2.03. The minimum Gasteiger partial charge on any atom is -0.410 e. The van der Waals surface area contributed by atoms with E-state index in [1.165, 1.54) is 0 Å². The second-order valence-corrected chi connectivity index (χ2v) is 4.26. The predicted molar refractivity (Wildman–Crippen MR) is 75.8 cm³/mol. The molecule has 0 saturated carbocycles. The van der Waals surface area contributed by atoms with E-state index in [9.17, 15) is 5.21 Å². The zero-order valence-electron chi connectivity index (χ0n) is 10.6. The molecule has 0 saturated heterocycles. The van der Waals surface area contributed by atoms with Crippen molar-refractivity contribution in [3.63, 3.8) is 0 Å². The third-order valence-corrected chi connectivity index (χ3v) is 2.96. The van der Waals surface area contributed by atoms with Crippen LogP contribution in [0.4, 0.5) is 0 Å². The van der Waals surface area contributed by atoms with Gasteiger partial charge in [-0.1, -0.05) is 71.0 Å². The van der Waals surface area contributed by atoms with Crippen LogP contribution in [0.25, 0.3) is 11.3 Å². The zero-order valence-corrected chi connectivity index (χ0v) is 10.6. The Hall–Kier alpha value is -2.88. The van der Waals surface area contributed by atoms with Crippen molar-refractivity contribution in [1.29, 1.82) is 0 Å². The van der Waals surface area contributed by atoms with Crippen LogP contribution in [-0.2, 0) is 0 Å². The summed E-state index contributed by atoms with van der Waals surface area (Å²) >= 11 is 0. The zero-order chi connectivity index (χ0) is 13.8. The Morgan fingerprint density at radius 2 is 1.60 bits per heavy atom. The summed E-state index contributed by atoms with van der Waals surface area (Å²) in [4.78, 5) is 0. The number of hydrogen-bond acceptors (Lipinski definition) is 4. The third kappa shape index (κ3) is 2.31. The molecule has 4 nitrogen and oxygen atoms in total. The Morgan fingerprint density at radius 1 is 0.950 bits per heavy atom. The van der Waals surface area contributed by atoms with Crippen molar-refractivity contribution < 1.29 is 9.73 Å². The Kier molecular flexibility index (Phi) is 3.29. The van der Waals surface area contributed by atoms with Crippen molar-refractivity contribution in [1.82, 2.24) is 5.16 Å². The fraction of sp³-hybridized carbons (Fsp3) is 0. The number of benzene rings is 2. The second-order valence-electron chi connectivity index (χ2n) is 4.26. The highest BCUT2D eigenvalue weighted by Crippen LogP contribution is 2.21. The van der Waals surface area contributed by atoms with Crippen LogP contribution in [0, 0.1) is 0 Å². The van der Waals surface area contributed by atoms with Gasteiger partial charge in [0.1, 0.15) is 11.4 Å². The number of hydrogen-bond donors (Lipinski definition) is 1. The fourth-order valence-corrected chi connectivity index (χ4v) is 1.98. The summed E-state index contributed by atoms with van der Waals surface area (Å²) in [6.45, 7) is 0. The van der Waals surface area contributed by atoms with Crippen LogP contribution in [0.3, 0.4) is 0 Å².